The number of rotatable bonds is 4. The van der Waals surface area contributed by atoms with Crippen molar-refractivity contribution in [2.75, 3.05) is 17.6 Å². The Morgan fingerprint density at radius 2 is 1.94 bits per heavy atom. The maximum Gasteiger partial charge on any atom is 0.144 e. The lowest BCUT2D eigenvalue weighted by Crippen LogP contribution is -2.06. The molecule has 2 rings (SSSR count). The lowest BCUT2D eigenvalue weighted by Gasteiger charge is -2.04. The minimum Gasteiger partial charge on any atom is -0.399 e. The van der Waals surface area contributed by atoms with Crippen molar-refractivity contribution >= 4 is 11.5 Å². The first-order valence-electron chi connectivity index (χ1n) is 5.19. The molecule has 0 unspecified atom stereocenters. The molecule has 0 spiro atoms. The summed E-state index contributed by atoms with van der Waals surface area (Å²) in [5, 5.41) is 3.20. The summed E-state index contributed by atoms with van der Waals surface area (Å²) in [6.07, 6.45) is 5.98. The number of nitrogens with one attached hydrogen (secondary N) is 1. The van der Waals surface area contributed by atoms with Crippen LogP contribution in [0.2, 0.25) is 0 Å². The van der Waals surface area contributed by atoms with Gasteiger partial charge in [-0.3, -0.25) is 4.98 Å². The van der Waals surface area contributed by atoms with Crippen LogP contribution >= 0.6 is 0 Å². The van der Waals surface area contributed by atoms with E-state index in [1.54, 1.807) is 18.6 Å². The van der Waals surface area contributed by atoms with E-state index in [1.165, 1.54) is 5.56 Å². The molecule has 1 aromatic carbocycles. The lowest BCUT2D eigenvalue weighted by atomic mass is 10.1. The first-order valence-corrected chi connectivity index (χ1v) is 5.19. The zero-order valence-electron chi connectivity index (χ0n) is 8.93. The van der Waals surface area contributed by atoms with Crippen LogP contribution < -0.4 is 11.1 Å². The van der Waals surface area contributed by atoms with Gasteiger partial charge >= 0.3 is 0 Å². The number of anilines is 2. The van der Waals surface area contributed by atoms with E-state index in [0.29, 0.717) is 0 Å². The van der Waals surface area contributed by atoms with Crippen molar-refractivity contribution in [3.8, 4) is 0 Å². The average Bonchev–Trinajstić information content (AvgIpc) is 2.33. The predicted octanol–water partition coefficient (Wildman–Crippen LogP) is 1.71. The van der Waals surface area contributed by atoms with Crippen LogP contribution in [0.25, 0.3) is 0 Å². The summed E-state index contributed by atoms with van der Waals surface area (Å²) in [6, 6.07) is 7.90. The molecule has 82 valence electrons. The number of benzene rings is 1. The fourth-order valence-corrected chi connectivity index (χ4v) is 1.41. The van der Waals surface area contributed by atoms with E-state index < -0.39 is 0 Å². The minimum atomic E-state index is 0.797. The van der Waals surface area contributed by atoms with Crippen LogP contribution in [0.15, 0.2) is 42.9 Å². The molecule has 4 heteroatoms. The molecule has 1 aromatic heterocycles. The van der Waals surface area contributed by atoms with Gasteiger partial charge in [-0.2, -0.15) is 0 Å². The van der Waals surface area contributed by atoms with Crippen LogP contribution in [0.3, 0.4) is 0 Å². The minimum absolute atomic E-state index is 0.797. The Balaban J connectivity index is 1.82. The standard InChI is InChI=1S/C12H14N4/c13-11-3-1-10(2-4-11)5-6-15-12-9-14-7-8-16-12/h1-4,7-9H,5-6,13H2,(H,15,16). The van der Waals surface area contributed by atoms with E-state index in [2.05, 4.69) is 15.3 Å². The highest BCUT2D eigenvalue weighted by molar-refractivity contribution is 5.39. The van der Waals surface area contributed by atoms with Gasteiger partial charge in [0.15, 0.2) is 0 Å². The van der Waals surface area contributed by atoms with E-state index in [9.17, 15) is 0 Å². The molecule has 2 aromatic rings. The van der Waals surface area contributed by atoms with Crippen molar-refractivity contribution < 1.29 is 0 Å². The first kappa shape index (κ1) is 10.4. The van der Waals surface area contributed by atoms with E-state index in [0.717, 1.165) is 24.5 Å². The summed E-state index contributed by atoms with van der Waals surface area (Å²) in [5.41, 5.74) is 7.66. The van der Waals surface area contributed by atoms with Crippen molar-refractivity contribution in [2.24, 2.45) is 0 Å². The monoisotopic (exact) mass is 214 g/mol. The second-order valence-corrected chi connectivity index (χ2v) is 3.51. The number of nitrogens with zero attached hydrogens (tertiary/aromatic N) is 2. The Hall–Kier alpha value is -2.10. The van der Waals surface area contributed by atoms with Gasteiger partial charge in [-0.1, -0.05) is 12.1 Å². The molecule has 0 atom stereocenters. The fourth-order valence-electron chi connectivity index (χ4n) is 1.41. The molecule has 4 nitrogen and oxygen atoms in total. The highest BCUT2D eigenvalue weighted by atomic mass is 15.0. The second kappa shape index (κ2) is 5.11. The third-order valence-corrected chi connectivity index (χ3v) is 2.26. The molecule has 0 saturated heterocycles. The lowest BCUT2D eigenvalue weighted by molar-refractivity contribution is 1.000. The van der Waals surface area contributed by atoms with Crippen LogP contribution in [0.4, 0.5) is 11.5 Å². The van der Waals surface area contributed by atoms with Gasteiger partial charge < -0.3 is 11.1 Å². The van der Waals surface area contributed by atoms with Gasteiger partial charge in [-0.05, 0) is 24.1 Å². The van der Waals surface area contributed by atoms with Crippen LogP contribution in [-0.4, -0.2) is 16.5 Å². The quantitative estimate of drug-likeness (QED) is 0.760. The molecule has 0 saturated carbocycles. The van der Waals surface area contributed by atoms with Crippen molar-refractivity contribution in [1.82, 2.24) is 9.97 Å². The van der Waals surface area contributed by atoms with Crippen molar-refractivity contribution in [1.29, 1.82) is 0 Å². The summed E-state index contributed by atoms with van der Waals surface area (Å²) in [6.45, 7) is 0.836. The van der Waals surface area contributed by atoms with E-state index >= 15 is 0 Å². The second-order valence-electron chi connectivity index (χ2n) is 3.51. The SMILES string of the molecule is Nc1ccc(CCNc2cnccn2)cc1. The molecule has 0 amide bonds. The molecular weight excluding hydrogens is 200 g/mol. The molecule has 0 aliphatic heterocycles. The van der Waals surface area contributed by atoms with Gasteiger partial charge in [0.25, 0.3) is 0 Å². The Labute approximate surface area is 94.5 Å². The number of nitrogen functional groups attached to an aromatic ring is 1. The van der Waals surface area contributed by atoms with E-state index in [4.69, 9.17) is 5.73 Å². The van der Waals surface area contributed by atoms with Crippen molar-refractivity contribution in [2.45, 2.75) is 6.42 Å². The fraction of sp³-hybridized carbons (Fsp3) is 0.167. The predicted molar refractivity (Wildman–Crippen MR) is 65.1 cm³/mol. The summed E-state index contributed by atoms with van der Waals surface area (Å²) < 4.78 is 0. The number of nitrogens with two attached hydrogens (primary N) is 1. The molecule has 3 N–H and O–H groups in total. The Morgan fingerprint density at radius 3 is 2.62 bits per heavy atom. The largest absolute Gasteiger partial charge is 0.399 e. The van der Waals surface area contributed by atoms with Crippen LogP contribution in [0.1, 0.15) is 5.56 Å². The topological polar surface area (TPSA) is 63.8 Å². The first-order chi connectivity index (χ1) is 7.84. The third-order valence-electron chi connectivity index (χ3n) is 2.26. The van der Waals surface area contributed by atoms with Gasteiger partial charge in [0.2, 0.25) is 0 Å². The van der Waals surface area contributed by atoms with Crippen LogP contribution in [0, 0.1) is 0 Å². The Kier molecular flexibility index (Phi) is 3.33. The number of hydrogen-bond acceptors (Lipinski definition) is 4. The molecule has 0 aliphatic carbocycles. The van der Waals surface area contributed by atoms with Crippen LogP contribution in [0.5, 0.6) is 0 Å². The zero-order valence-corrected chi connectivity index (χ0v) is 8.93. The smallest absolute Gasteiger partial charge is 0.144 e. The molecule has 0 aliphatic rings. The summed E-state index contributed by atoms with van der Waals surface area (Å²) in [5.74, 6) is 0.804. The molecule has 0 bridgehead atoms. The van der Waals surface area contributed by atoms with Crippen molar-refractivity contribution in [3.63, 3.8) is 0 Å². The molecule has 1 heterocycles. The van der Waals surface area contributed by atoms with E-state index in [1.807, 2.05) is 24.3 Å². The third kappa shape index (κ3) is 2.95. The van der Waals surface area contributed by atoms with Crippen molar-refractivity contribution in [3.05, 3.63) is 48.4 Å². The van der Waals surface area contributed by atoms with Gasteiger partial charge in [-0.25, -0.2) is 4.98 Å². The summed E-state index contributed by atoms with van der Waals surface area (Å²) >= 11 is 0. The van der Waals surface area contributed by atoms with E-state index in [-0.39, 0.29) is 0 Å². The summed E-state index contributed by atoms with van der Waals surface area (Å²) in [7, 11) is 0. The normalized spacial score (nSPS) is 10.0. The molecule has 0 fully saturated rings. The molecule has 16 heavy (non-hydrogen) atoms. The number of hydrogen-bond donors (Lipinski definition) is 2. The number of aromatic nitrogens is 2. The summed E-state index contributed by atoms with van der Waals surface area (Å²) in [4.78, 5) is 8.11. The van der Waals surface area contributed by atoms with Gasteiger partial charge in [-0.15, -0.1) is 0 Å². The zero-order chi connectivity index (χ0) is 11.2. The molecule has 0 radical (unpaired) electrons. The Morgan fingerprint density at radius 1 is 1.12 bits per heavy atom. The highest BCUT2D eigenvalue weighted by Crippen LogP contribution is 2.06. The maximum atomic E-state index is 5.61. The maximum absolute atomic E-state index is 5.61. The highest BCUT2D eigenvalue weighted by Gasteiger charge is 1.94. The van der Waals surface area contributed by atoms with Gasteiger partial charge in [0.05, 0.1) is 6.20 Å². The van der Waals surface area contributed by atoms with Crippen LogP contribution in [-0.2, 0) is 6.42 Å². The Bertz CT molecular complexity index is 425. The molecular formula is C12H14N4. The van der Waals surface area contributed by atoms with Gasteiger partial charge in [0, 0.05) is 24.6 Å². The van der Waals surface area contributed by atoms with Gasteiger partial charge in [0.1, 0.15) is 5.82 Å². The average molecular weight is 214 g/mol.